The molecule has 0 aromatic carbocycles. The van der Waals surface area contributed by atoms with E-state index in [1.165, 1.54) is 24.1 Å². The van der Waals surface area contributed by atoms with E-state index in [0.717, 1.165) is 0 Å². The van der Waals surface area contributed by atoms with Gasteiger partial charge < -0.3 is 23.1 Å². The van der Waals surface area contributed by atoms with E-state index >= 15 is 0 Å². The third-order valence-electron chi connectivity index (χ3n) is 3.77. The van der Waals surface area contributed by atoms with Crippen LogP contribution in [0.4, 0.5) is 0 Å². The molecule has 0 radical (unpaired) electrons. The third-order valence-corrected chi connectivity index (χ3v) is 3.77. The second kappa shape index (κ2) is 13.5. The summed E-state index contributed by atoms with van der Waals surface area (Å²) in [5, 5.41) is 0. The highest BCUT2D eigenvalue weighted by atomic mass is 16.9. The number of hydrogen-bond donors (Lipinski definition) is 0. The molecule has 130 valence electrons. The minimum absolute atomic E-state index is 0.514. The Labute approximate surface area is 132 Å². The Bertz CT molecular complexity index is 188. The minimum Gasteiger partial charge on any atom is -0.519 e. The van der Waals surface area contributed by atoms with E-state index in [-0.39, 0.29) is 0 Å². The molecule has 21 heavy (non-hydrogen) atoms. The van der Waals surface area contributed by atoms with Crippen LogP contribution in [0.3, 0.4) is 0 Å². The zero-order chi connectivity index (χ0) is 16.8. The molecule has 6 heteroatoms. The molecule has 0 bridgehead atoms. The molecular weight excluding hydrogens is 269 g/mol. The Balaban J connectivity index is 0. The topological polar surface area (TPSA) is 36.9 Å². The fourth-order valence-electron chi connectivity index (χ4n) is 1.78. The van der Waals surface area contributed by atoms with Crippen molar-refractivity contribution in [2.75, 3.05) is 53.1 Å². The summed E-state index contributed by atoms with van der Waals surface area (Å²) in [4.78, 5) is 0. The van der Waals surface area contributed by atoms with E-state index in [2.05, 4.69) is 27.8 Å². The molecule has 0 unspecified atom stereocenters. The molecule has 0 saturated carbocycles. The van der Waals surface area contributed by atoms with Crippen LogP contribution in [0.2, 0.25) is 0 Å². The number of quaternary nitrogens is 1. The molecule has 0 saturated heterocycles. The van der Waals surface area contributed by atoms with E-state index < -0.39 is 6.96 Å². The molecule has 0 rings (SSSR count). The minimum atomic E-state index is -1.97. The maximum absolute atomic E-state index is 5.35. The van der Waals surface area contributed by atoms with Gasteiger partial charge >= 0.3 is 6.96 Å². The molecule has 0 aromatic rings. The van der Waals surface area contributed by atoms with Gasteiger partial charge in [0.2, 0.25) is 0 Å². The monoisotopic (exact) mass is 307 g/mol. The van der Waals surface area contributed by atoms with Crippen LogP contribution in [-0.4, -0.2) is 64.5 Å². The zero-order valence-electron chi connectivity index (χ0n) is 15.6. The van der Waals surface area contributed by atoms with Gasteiger partial charge in [0.05, 0.1) is 26.7 Å². The van der Waals surface area contributed by atoms with Crippen molar-refractivity contribution in [2.45, 2.75) is 48.5 Å². The fraction of sp³-hybridized carbons (Fsp3) is 1.00. The maximum atomic E-state index is 5.35. The van der Waals surface area contributed by atoms with Crippen molar-refractivity contribution >= 4 is 6.96 Å². The van der Waals surface area contributed by atoms with Crippen molar-refractivity contribution in [3.63, 3.8) is 0 Å². The van der Waals surface area contributed by atoms with Gasteiger partial charge in [0.1, 0.15) is 0 Å². The quantitative estimate of drug-likeness (QED) is 0.434. The smallest absolute Gasteiger partial charge is 0.519 e. The van der Waals surface area contributed by atoms with Crippen molar-refractivity contribution in [2.24, 2.45) is 0 Å². The second-order valence-electron chi connectivity index (χ2n) is 4.97. The summed E-state index contributed by atoms with van der Waals surface area (Å²) in [5.41, 5.74) is 0. The van der Waals surface area contributed by atoms with Crippen LogP contribution in [0.15, 0.2) is 0 Å². The number of hydrogen-bond acceptors (Lipinski definition) is 4. The Hall–Kier alpha value is -0.135. The molecular formula is C15H38BNO4. The summed E-state index contributed by atoms with van der Waals surface area (Å²) in [7, 11) is 2.29. The molecule has 0 atom stereocenters. The molecule has 0 heterocycles. The average molecular weight is 307 g/mol. The SMILES string of the molecule is CCO[B-](OCC)(OCC)OCC.CC[N+](C)(CC)CC. The molecule has 5 nitrogen and oxygen atoms in total. The van der Waals surface area contributed by atoms with Gasteiger partial charge in [-0.15, -0.1) is 0 Å². The Kier molecular flexibility index (Phi) is 14.9. The van der Waals surface area contributed by atoms with Crippen LogP contribution >= 0.6 is 0 Å². The van der Waals surface area contributed by atoms with Crippen LogP contribution < -0.4 is 0 Å². The third kappa shape index (κ3) is 10.3. The van der Waals surface area contributed by atoms with Crippen molar-refractivity contribution in [3.05, 3.63) is 0 Å². The lowest BCUT2D eigenvalue weighted by molar-refractivity contribution is -0.904. The van der Waals surface area contributed by atoms with Gasteiger partial charge in [-0.05, 0) is 48.5 Å². The van der Waals surface area contributed by atoms with Gasteiger partial charge in [-0.3, -0.25) is 0 Å². The van der Waals surface area contributed by atoms with E-state index in [0.29, 0.717) is 26.4 Å². The number of nitrogens with zero attached hydrogens (tertiary/aromatic N) is 1. The van der Waals surface area contributed by atoms with E-state index in [4.69, 9.17) is 18.6 Å². The van der Waals surface area contributed by atoms with Crippen molar-refractivity contribution in [3.8, 4) is 0 Å². The van der Waals surface area contributed by atoms with Crippen LogP contribution in [-0.2, 0) is 18.6 Å². The van der Waals surface area contributed by atoms with Gasteiger partial charge in [0.25, 0.3) is 0 Å². The molecule has 0 aliphatic rings. The first-order valence-electron chi connectivity index (χ1n) is 8.44. The molecule has 0 spiro atoms. The second-order valence-corrected chi connectivity index (χ2v) is 4.97. The van der Waals surface area contributed by atoms with Crippen molar-refractivity contribution < 1.29 is 23.1 Å². The Morgan fingerprint density at radius 3 is 0.905 bits per heavy atom. The van der Waals surface area contributed by atoms with Crippen LogP contribution in [0.25, 0.3) is 0 Å². The fourth-order valence-corrected chi connectivity index (χ4v) is 1.78. The zero-order valence-corrected chi connectivity index (χ0v) is 15.6. The molecule has 0 aliphatic carbocycles. The molecule has 0 amide bonds. The van der Waals surface area contributed by atoms with E-state index in [9.17, 15) is 0 Å². The highest BCUT2D eigenvalue weighted by Crippen LogP contribution is 2.11. The van der Waals surface area contributed by atoms with Crippen molar-refractivity contribution in [1.29, 1.82) is 0 Å². The van der Waals surface area contributed by atoms with Gasteiger partial charge in [-0.2, -0.15) is 0 Å². The summed E-state index contributed by atoms with van der Waals surface area (Å²) in [6.07, 6.45) is 0. The highest BCUT2D eigenvalue weighted by Gasteiger charge is 2.30. The summed E-state index contributed by atoms with van der Waals surface area (Å²) in [6.45, 7) is 18.1. The summed E-state index contributed by atoms with van der Waals surface area (Å²) >= 11 is 0. The first-order valence-corrected chi connectivity index (χ1v) is 8.44. The average Bonchev–Trinajstić information content (AvgIpc) is 2.48. The Morgan fingerprint density at radius 1 is 0.571 bits per heavy atom. The predicted molar refractivity (Wildman–Crippen MR) is 90.1 cm³/mol. The summed E-state index contributed by atoms with van der Waals surface area (Å²) in [6, 6.07) is 0. The molecule has 0 N–H and O–H groups in total. The van der Waals surface area contributed by atoms with Crippen LogP contribution in [0.5, 0.6) is 0 Å². The van der Waals surface area contributed by atoms with E-state index in [1.54, 1.807) is 0 Å². The van der Waals surface area contributed by atoms with E-state index in [1.807, 2.05) is 27.7 Å². The van der Waals surface area contributed by atoms with Crippen molar-refractivity contribution in [1.82, 2.24) is 0 Å². The van der Waals surface area contributed by atoms with Gasteiger partial charge in [-0.25, -0.2) is 0 Å². The normalized spacial score (nSPS) is 12.0. The molecule has 0 aromatic heterocycles. The van der Waals surface area contributed by atoms with Crippen LogP contribution in [0.1, 0.15) is 48.5 Å². The first-order chi connectivity index (χ1) is 9.92. The lowest BCUT2D eigenvalue weighted by atomic mass is 10.1. The maximum Gasteiger partial charge on any atom is 0.531 e. The van der Waals surface area contributed by atoms with Gasteiger partial charge in [0, 0.05) is 26.4 Å². The highest BCUT2D eigenvalue weighted by molar-refractivity contribution is 6.53. The number of rotatable bonds is 11. The predicted octanol–water partition coefficient (Wildman–Crippen LogP) is 3.06. The van der Waals surface area contributed by atoms with Crippen LogP contribution in [0, 0.1) is 0 Å². The lowest BCUT2D eigenvalue weighted by Gasteiger charge is -2.39. The summed E-state index contributed by atoms with van der Waals surface area (Å²) in [5.74, 6) is 0. The Morgan fingerprint density at radius 2 is 0.810 bits per heavy atom. The largest absolute Gasteiger partial charge is 0.531 e. The lowest BCUT2D eigenvalue weighted by Crippen LogP contribution is -2.49. The standard InChI is InChI=1S/C8H20BO4.C7H18N/c1-5-10-9(11-6-2,12-7-3)13-8-4;1-5-8(4,6-2)7-3/h5-8H2,1-4H3;5-7H2,1-4H3/q-1;+1. The van der Waals surface area contributed by atoms with Gasteiger partial charge in [-0.1, -0.05) is 0 Å². The first kappa shape index (κ1) is 23.1. The summed E-state index contributed by atoms with van der Waals surface area (Å²) < 4.78 is 22.6. The molecule has 0 aliphatic heterocycles. The van der Waals surface area contributed by atoms with Gasteiger partial charge in [0.15, 0.2) is 0 Å². The molecule has 0 fully saturated rings.